The lowest BCUT2D eigenvalue weighted by molar-refractivity contribution is 0.0728. The first kappa shape index (κ1) is 18.8. The molecule has 3 aromatic rings. The third kappa shape index (κ3) is 3.48. The van der Waals surface area contributed by atoms with Crippen molar-refractivity contribution >= 4 is 45.7 Å². The Morgan fingerprint density at radius 2 is 1.86 bits per heavy atom. The zero-order chi connectivity index (χ0) is 19.8. The van der Waals surface area contributed by atoms with Gasteiger partial charge in [-0.3, -0.25) is 9.59 Å². The summed E-state index contributed by atoms with van der Waals surface area (Å²) in [5, 5.41) is 1.79. The monoisotopic (exact) mass is 415 g/mol. The number of aromatic nitrogens is 1. The number of fused-ring (bicyclic) bond motifs is 1. The lowest BCUT2D eigenvalue weighted by atomic mass is 10.1. The number of piperazine rings is 1. The van der Waals surface area contributed by atoms with E-state index in [1.165, 1.54) is 6.07 Å². The van der Waals surface area contributed by atoms with Crippen LogP contribution in [0, 0.1) is 0 Å². The molecule has 0 spiro atoms. The van der Waals surface area contributed by atoms with Crippen molar-refractivity contribution in [2.24, 2.45) is 0 Å². The first-order valence-electron chi connectivity index (χ1n) is 9.07. The van der Waals surface area contributed by atoms with Crippen LogP contribution in [0.25, 0.3) is 10.9 Å². The SMILES string of the molecule is CC1CN(C(=O)c2cc(=O)[nH]c3ccccc23)CCN1c1ccc(Cl)c(Cl)c1. The molecule has 1 fully saturated rings. The van der Waals surface area contributed by atoms with Crippen molar-refractivity contribution in [3.05, 3.63) is 74.5 Å². The van der Waals surface area contributed by atoms with E-state index in [-0.39, 0.29) is 17.5 Å². The number of rotatable bonds is 2. The van der Waals surface area contributed by atoms with Crippen molar-refractivity contribution in [3.8, 4) is 0 Å². The molecule has 1 amide bonds. The van der Waals surface area contributed by atoms with Crippen LogP contribution in [-0.2, 0) is 0 Å². The van der Waals surface area contributed by atoms with Gasteiger partial charge in [-0.25, -0.2) is 0 Å². The van der Waals surface area contributed by atoms with E-state index in [1.807, 2.05) is 30.3 Å². The Morgan fingerprint density at radius 1 is 1.07 bits per heavy atom. The fraction of sp³-hybridized carbons (Fsp3) is 0.238. The molecule has 4 rings (SSSR count). The predicted octanol–water partition coefficient (Wildman–Crippen LogP) is 4.19. The third-order valence-corrected chi connectivity index (χ3v) is 5.87. The maximum atomic E-state index is 13.2. The maximum Gasteiger partial charge on any atom is 0.254 e. The Hall–Kier alpha value is -2.50. The molecule has 1 aliphatic heterocycles. The highest BCUT2D eigenvalue weighted by atomic mass is 35.5. The minimum atomic E-state index is -0.274. The number of hydrogen-bond acceptors (Lipinski definition) is 3. The van der Waals surface area contributed by atoms with Crippen molar-refractivity contribution in [2.45, 2.75) is 13.0 Å². The fourth-order valence-corrected chi connectivity index (χ4v) is 4.03. The molecule has 1 atom stereocenters. The molecule has 1 aliphatic rings. The minimum Gasteiger partial charge on any atom is -0.365 e. The normalized spacial score (nSPS) is 17.2. The largest absolute Gasteiger partial charge is 0.365 e. The van der Waals surface area contributed by atoms with Crippen LogP contribution in [0.5, 0.6) is 0 Å². The zero-order valence-corrected chi connectivity index (χ0v) is 16.8. The summed E-state index contributed by atoms with van der Waals surface area (Å²) in [6, 6.07) is 14.4. The van der Waals surface area contributed by atoms with Crippen molar-refractivity contribution in [2.75, 3.05) is 24.5 Å². The van der Waals surface area contributed by atoms with E-state index < -0.39 is 0 Å². The van der Waals surface area contributed by atoms with E-state index in [0.29, 0.717) is 40.8 Å². The van der Waals surface area contributed by atoms with Gasteiger partial charge >= 0.3 is 0 Å². The van der Waals surface area contributed by atoms with E-state index >= 15 is 0 Å². The summed E-state index contributed by atoms with van der Waals surface area (Å²) >= 11 is 12.2. The van der Waals surface area contributed by atoms with Gasteiger partial charge < -0.3 is 14.8 Å². The molecule has 1 saturated heterocycles. The van der Waals surface area contributed by atoms with Crippen LogP contribution in [0.15, 0.2) is 53.3 Å². The number of H-pyrrole nitrogens is 1. The van der Waals surface area contributed by atoms with Gasteiger partial charge in [-0.15, -0.1) is 0 Å². The number of pyridine rings is 1. The van der Waals surface area contributed by atoms with Gasteiger partial charge in [0.1, 0.15) is 0 Å². The summed E-state index contributed by atoms with van der Waals surface area (Å²) in [6.45, 7) is 3.86. The van der Waals surface area contributed by atoms with Gasteiger partial charge in [0.25, 0.3) is 5.91 Å². The van der Waals surface area contributed by atoms with E-state index in [0.717, 1.165) is 11.1 Å². The quantitative estimate of drug-likeness (QED) is 0.682. The lowest BCUT2D eigenvalue weighted by Gasteiger charge is -2.41. The molecule has 1 aromatic heterocycles. The number of aromatic amines is 1. The number of para-hydroxylation sites is 1. The van der Waals surface area contributed by atoms with Crippen LogP contribution in [-0.4, -0.2) is 41.5 Å². The number of carbonyl (C=O) groups is 1. The molecule has 144 valence electrons. The Morgan fingerprint density at radius 3 is 2.61 bits per heavy atom. The summed E-state index contributed by atoms with van der Waals surface area (Å²) < 4.78 is 0. The van der Waals surface area contributed by atoms with Crippen LogP contribution in [0.2, 0.25) is 10.0 Å². The topological polar surface area (TPSA) is 56.4 Å². The van der Waals surface area contributed by atoms with Crippen LogP contribution < -0.4 is 10.5 Å². The van der Waals surface area contributed by atoms with Gasteiger partial charge in [-0.05, 0) is 31.2 Å². The highest BCUT2D eigenvalue weighted by Gasteiger charge is 2.28. The van der Waals surface area contributed by atoms with E-state index in [4.69, 9.17) is 23.2 Å². The van der Waals surface area contributed by atoms with Crippen molar-refractivity contribution in [1.29, 1.82) is 0 Å². The highest BCUT2D eigenvalue weighted by molar-refractivity contribution is 6.42. The summed E-state index contributed by atoms with van der Waals surface area (Å²) in [5.74, 6) is -0.122. The smallest absolute Gasteiger partial charge is 0.254 e. The lowest BCUT2D eigenvalue weighted by Crippen LogP contribution is -2.53. The predicted molar refractivity (Wildman–Crippen MR) is 114 cm³/mol. The Balaban J connectivity index is 1.58. The summed E-state index contributed by atoms with van der Waals surface area (Å²) in [6.07, 6.45) is 0. The number of nitrogens with zero attached hydrogens (tertiary/aromatic N) is 2. The Kier molecular flexibility index (Phi) is 5.04. The average Bonchev–Trinajstić information content (AvgIpc) is 2.69. The molecule has 2 heterocycles. The second-order valence-corrected chi connectivity index (χ2v) is 7.80. The van der Waals surface area contributed by atoms with E-state index in [2.05, 4.69) is 16.8 Å². The van der Waals surface area contributed by atoms with Gasteiger partial charge in [0.05, 0.1) is 15.6 Å². The molecule has 0 bridgehead atoms. The van der Waals surface area contributed by atoms with Gasteiger partial charge in [0.2, 0.25) is 5.56 Å². The molecule has 2 aromatic carbocycles. The van der Waals surface area contributed by atoms with Gasteiger partial charge in [-0.1, -0.05) is 41.4 Å². The average molecular weight is 416 g/mol. The zero-order valence-electron chi connectivity index (χ0n) is 15.3. The number of anilines is 1. The summed E-state index contributed by atoms with van der Waals surface area (Å²) in [5.41, 5.74) is 1.82. The number of nitrogens with one attached hydrogen (secondary N) is 1. The summed E-state index contributed by atoms with van der Waals surface area (Å²) in [4.78, 5) is 32.0. The molecule has 1 N–H and O–H groups in total. The first-order chi connectivity index (χ1) is 13.4. The number of amides is 1. The number of carbonyl (C=O) groups excluding carboxylic acids is 1. The number of hydrogen-bond donors (Lipinski definition) is 1. The maximum absolute atomic E-state index is 13.2. The van der Waals surface area contributed by atoms with Crippen molar-refractivity contribution in [1.82, 2.24) is 9.88 Å². The van der Waals surface area contributed by atoms with E-state index in [1.54, 1.807) is 17.0 Å². The van der Waals surface area contributed by atoms with Crippen LogP contribution in [0.3, 0.4) is 0 Å². The van der Waals surface area contributed by atoms with Gasteiger partial charge in [-0.2, -0.15) is 0 Å². The minimum absolute atomic E-state index is 0.100. The molecular formula is C21H19Cl2N3O2. The third-order valence-electron chi connectivity index (χ3n) is 5.13. The van der Waals surface area contributed by atoms with Gasteiger partial charge in [0.15, 0.2) is 0 Å². The molecule has 0 aliphatic carbocycles. The molecule has 7 heteroatoms. The molecule has 0 radical (unpaired) electrons. The van der Waals surface area contributed by atoms with Crippen LogP contribution in [0.1, 0.15) is 17.3 Å². The first-order valence-corrected chi connectivity index (χ1v) is 9.82. The van der Waals surface area contributed by atoms with Crippen molar-refractivity contribution < 1.29 is 4.79 Å². The molecule has 5 nitrogen and oxygen atoms in total. The molecule has 0 saturated carbocycles. The fourth-order valence-electron chi connectivity index (χ4n) is 3.74. The second-order valence-electron chi connectivity index (χ2n) is 6.98. The molecule has 28 heavy (non-hydrogen) atoms. The van der Waals surface area contributed by atoms with Crippen molar-refractivity contribution in [3.63, 3.8) is 0 Å². The molecular weight excluding hydrogens is 397 g/mol. The standard InChI is InChI=1S/C21H19Cl2N3O2/c1-13-12-25(8-9-26(13)14-6-7-17(22)18(23)10-14)21(28)16-11-20(27)24-19-5-3-2-4-15(16)19/h2-7,10-11,13H,8-9,12H2,1H3,(H,24,27). The highest BCUT2D eigenvalue weighted by Crippen LogP contribution is 2.29. The summed E-state index contributed by atoms with van der Waals surface area (Å²) in [7, 11) is 0. The Bertz CT molecular complexity index is 1110. The second kappa shape index (κ2) is 7.49. The Labute approximate surface area is 172 Å². The number of benzene rings is 2. The van der Waals surface area contributed by atoms with Gasteiger partial charge in [0, 0.05) is 48.3 Å². The van der Waals surface area contributed by atoms with Crippen LogP contribution >= 0.6 is 23.2 Å². The molecule has 1 unspecified atom stereocenters. The van der Waals surface area contributed by atoms with E-state index in [9.17, 15) is 9.59 Å². The number of halogens is 2. The van der Waals surface area contributed by atoms with Crippen LogP contribution in [0.4, 0.5) is 5.69 Å².